The molecule has 6 nitrogen and oxygen atoms in total. The fourth-order valence-electron chi connectivity index (χ4n) is 5.30. The van der Waals surface area contributed by atoms with Gasteiger partial charge in [0, 0.05) is 30.4 Å². The quantitative estimate of drug-likeness (QED) is 0.826. The van der Waals surface area contributed by atoms with E-state index in [1.165, 1.54) is 4.90 Å². The minimum absolute atomic E-state index is 0.142. The summed E-state index contributed by atoms with van der Waals surface area (Å²) in [6, 6.07) is 7.18. The van der Waals surface area contributed by atoms with Crippen molar-refractivity contribution in [1.29, 1.82) is 0 Å². The third-order valence-electron chi connectivity index (χ3n) is 6.27. The van der Waals surface area contributed by atoms with Crippen molar-refractivity contribution in [1.82, 2.24) is 10.2 Å². The molecular formula is C21H27N3O3. The molecule has 6 heteroatoms. The topological polar surface area (TPSA) is 69.7 Å². The first-order chi connectivity index (χ1) is 12.7. The van der Waals surface area contributed by atoms with Gasteiger partial charge in [-0.25, -0.2) is 0 Å². The van der Waals surface area contributed by atoms with E-state index in [0.29, 0.717) is 5.92 Å². The highest BCUT2D eigenvalue weighted by atomic mass is 16.2. The second kappa shape index (κ2) is 5.89. The zero-order chi connectivity index (χ0) is 19.7. The van der Waals surface area contributed by atoms with E-state index in [0.717, 1.165) is 17.7 Å². The molecule has 3 aliphatic rings. The van der Waals surface area contributed by atoms with Crippen LogP contribution in [0.4, 0.5) is 5.69 Å². The number of fused-ring (bicyclic) bond motifs is 4. The van der Waals surface area contributed by atoms with Crippen molar-refractivity contribution in [3.8, 4) is 0 Å². The minimum Gasteiger partial charge on any atom is -0.313 e. The average Bonchev–Trinajstić information content (AvgIpc) is 3.14. The van der Waals surface area contributed by atoms with Crippen molar-refractivity contribution in [2.75, 3.05) is 11.9 Å². The zero-order valence-electron chi connectivity index (χ0n) is 16.5. The maximum absolute atomic E-state index is 13.5. The highest BCUT2D eigenvalue weighted by Gasteiger charge is 2.71. The molecule has 1 spiro atoms. The lowest BCUT2D eigenvalue weighted by molar-refractivity contribution is -0.144. The first kappa shape index (κ1) is 18.2. The van der Waals surface area contributed by atoms with Gasteiger partial charge in [0.05, 0.1) is 11.8 Å². The van der Waals surface area contributed by atoms with Gasteiger partial charge in [0.25, 0.3) is 5.91 Å². The lowest BCUT2D eigenvalue weighted by atomic mass is 9.76. The van der Waals surface area contributed by atoms with Crippen molar-refractivity contribution >= 4 is 23.4 Å². The highest BCUT2D eigenvalue weighted by molar-refractivity contribution is 6.15. The molecule has 27 heavy (non-hydrogen) atoms. The maximum Gasteiger partial charge on any atom is 0.252 e. The number of hydrogen-bond donors (Lipinski definition) is 1. The molecule has 0 bridgehead atoms. The molecule has 2 fully saturated rings. The summed E-state index contributed by atoms with van der Waals surface area (Å²) in [6.45, 7) is 7.90. The molecule has 4 rings (SSSR count). The van der Waals surface area contributed by atoms with Crippen LogP contribution in [0, 0.1) is 17.8 Å². The molecule has 0 radical (unpaired) electrons. The van der Waals surface area contributed by atoms with Crippen molar-refractivity contribution in [3.05, 3.63) is 29.8 Å². The summed E-state index contributed by atoms with van der Waals surface area (Å²) in [6.07, 6.45) is 0.743. The summed E-state index contributed by atoms with van der Waals surface area (Å²) in [4.78, 5) is 43.1. The normalized spacial score (nSPS) is 32.4. The van der Waals surface area contributed by atoms with E-state index in [1.807, 2.05) is 38.1 Å². The Morgan fingerprint density at radius 3 is 2.37 bits per heavy atom. The van der Waals surface area contributed by atoms with E-state index < -0.39 is 17.4 Å². The number of anilines is 1. The molecule has 1 N–H and O–H groups in total. The summed E-state index contributed by atoms with van der Waals surface area (Å²) in [5.74, 6) is -1.34. The molecule has 3 amide bonds. The predicted molar refractivity (Wildman–Crippen MR) is 102 cm³/mol. The van der Waals surface area contributed by atoms with Crippen LogP contribution in [0.2, 0.25) is 0 Å². The Labute approximate surface area is 159 Å². The number of para-hydroxylation sites is 1. The lowest BCUT2D eigenvalue weighted by Crippen LogP contribution is -2.55. The Kier molecular flexibility index (Phi) is 3.97. The Hall–Kier alpha value is -2.21. The van der Waals surface area contributed by atoms with Crippen LogP contribution in [-0.4, -0.2) is 41.8 Å². The first-order valence-corrected chi connectivity index (χ1v) is 9.74. The Bertz CT molecular complexity index is 834. The lowest BCUT2D eigenvalue weighted by Gasteiger charge is -2.31. The Morgan fingerprint density at radius 2 is 1.74 bits per heavy atom. The largest absolute Gasteiger partial charge is 0.313 e. The van der Waals surface area contributed by atoms with Gasteiger partial charge in [0.2, 0.25) is 11.8 Å². The molecule has 144 valence electrons. The van der Waals surface area contributed by atoms with Gasteiger partial charge in [0.1, 0.15) is 5.54 Å². The number of carbonyl (C=O) groups excluding carboxylic acids is 3. The fourth-order valence-corrected chi connectivity index (χ4v) is 5.30. The maximum atomic E-state index is 13.5. The summed E-state index contributed by atoms with van der Waals surface area (Å²) in [5.41, 5.74) is 0.471. The molecule has 0 aliphatic carbocycles. The summed E-state index contributed by atoms with van der Waals surface area (Å²) >= 11 is 0. The van der Waals surface area contributed by atoms with Crippen LogP contribution in [0.5, 0.6) is 0 Å². The second-order valence-corrected chi connectivity index (χ2v) is 8.71. The number of nitrogens with one attached hydrogen (secondary N) is 1. The standard InChI is InChI=1S/C21H27N3O3/c1-11(2)10-14-16-17(19(26)24(12(3)4)18(16)25)21(22-14)13-8-6-7-9-15(13)23(5)20(21)27/h6-9,11-12,14,16-17,22H,10H2,1-5H3/t14-,16-,17+,21+/m1/s1. The summed E-state index contributed by atoms with van der Waals surface area (Å²) < 4.78 is 0. The first-order valence-electron chi connectivity index (χ1n) is 9.74. The average molecular weight is 369 g/mol. The van der Waals surface area contributed by atoms with Gasteiger partial charge in [-0.2, -0.15) is 0 Å². The number of likely N-dealkylation sites (N-methyl/N-ethyl adjacent to an activating group) is 1. The molecule has 0 aromatic heterocycles. The van der Waals surface area contributed by atoms with Gasteiger partial charge < -0.3 is 4.90 Å². The van der Waals surface area contributed by atoms with E-state index in [1.54, 1.807) is 11.9 Å². The van der Waals surface area contributed by atoms with Crippen LogP contribution >= 0.6 is 0 Å². The monoisotopic (exact) mass is 369 g/mol. The van der Waals surface area contributed by atoms with Crippen molar-refractivity contribution in [2.24, 2.45) is 17.8 Å². The van der Waals surface area contributed by atoms with Crippen molar-refractivity contribution < 1.29 is 14.4 Å². The Morgan fingerprint density at radius 1 is 1.07 bits per heavy atom. The summed E-state index contributed by atoms with van der Waals surface area (Å²) in [7, 11) is 1.74. The van der Waals surface area contributed by atoms with E-state index in [9.17, 15) is 14.4 Å². The van der Waals surface area contributed by atoms with Gasteiger partial charge in [-0.3, -0.25) is 24.6 Å². The van der Waals surface area contributed by atoms with E-state index >= 15 is 0 Å². The van der Waals surface area contributed by atoms with E-state index in [-0.39, 0.29) is 29.8 Å². The van der Waals surface area contributed by atoms with Gasteiger partial charge in [0.15, 0.2) is 0 Å². The fraction of sp³-hybridized carbons (Fsp3) is 0.571. The Balaban J connectivity index is 1.91. The molecule has 0 saturated carbocycles. The molecule has 4 atom stereocenters. The van der Waals surface area contributed by atoms with E-state index in [2.05, 4.69) is 19.2 Å². The number of likely N-dealkylation sites (tertiary alicyclic amines) is 1. The highest BCUT2D eigenvalue weighted by Crippen LogP contribution is 2.55. The molecule has 2 saturated heterocycles. The second-order valence-electron chi connectivity index (χ2n) is 8.71. The number of imide groups is 1. The number of carbonyl (C=O) groups is 3. The third-order valence-corrected chi connectivity index (χ3v) is 6.27. The number of benzene rings is 1. The molecule has 1 aromatic rings. The van der Waals surface area contributed by atoms with Crippen LogP contribution in [-0.2, 0) is 19.9 Å². The molecular weight excluding hydrogens is 342 g/mol. The van der Waals surface area contributed by atoms with Crippen LogP contribution in [0.1, 0.15) is 39.7 Å². The van der Waals surface area contributed by atoms with Crippen molar-refractivity contribution in [2.45, 2.75) is 51.7 Å². The van der Waals surface area contributed by atoms with Crippen LogP contribution in [0.3, 0.4) is 0 Å². The molecule has 1 aromatic carbocycles. The van der Waals surface area contributed by atoms with Crippen LogP contribution in [0.25, 0.3) is 0 Å². The van der Waals surface area contributed by atoms with Gasteiger partial charge in [-0.15, -0.1) is 0 Å². The molecule has 0 unspecified atom stereocenters. The molecule has 3 aliphatic heterocycles. The summed E-state index contributed by atoms with van der Waals surface area (Å²) in [5, 5.41) is 3.50. The van der Waals surface area contributed by atoms with Gasteiger partial charge >= 0.3 is 0 Å². The van der Waals surface area contributed by atoms with Gasteiger partial charge in [-0.1, -0.05) is 32.0 Å². The van der Waals surface area contributed by atoms with Crippen LogP contribution < -0.4 is 10.2 Å². The third kappa shape index (κ3) is 2.19. The number of amides is 3. The number of hydrogen-bond acceptors (Lipinski definition) is 4. The minimum atomic E-state index is -1.15. The molecule has 3 heterocycles. The number of rotatable bonds is 3. The predicted octanol–water partition coefficient (Wildman–Crippen LogP) is 1.89. The van der Waals surface area contributed by atoms with Crippen LogP contribution in [0.15, 0.2) is 24.3 Å². The zero-order valence-corrected chi connectivity index (χ0v) is 16.5. The van der Waals surface area contributed by atoms with Crippen molar-refractivity contribution in [3.63, 3.8) is 0 Å². The van der Waals surface area contributed by atoms with E-state index in [4.69, 9.17) is 0 Å². The van der Waals surface area contributed by atoms with Gasteiger partial charge in [-0.05, 0) is 32.3 Å². The smallest absolute Gasteiger partial charge is 0.252 e. The number of nitrogens with zero attached hydrogens (tertiary/aromatic N) is 2. The SMILES string of the molecule is CC(C)C[C@H]1N[C@]2(C(=O)N(C)c3ccccc32)[C@@H]2C(=O)N(C(C)C)C(=O)[C@@H]21.